The minimum atomic E-state index is -0.371. The smallest absolute Gasteiger partial charge is 0.328 e. The van der Waals surface area contributed by atoms with Gasteiger partial charge in [-0.05, 0) is 19.8 Å². The average Bonchev–Trinajstić information content (AvgIpc) is 2.96. The number of Topliss-reactive ketones (excluding diaryl/α,β-unsaturated/α-hetero) is 1. The molecule has 2 aromatic heterocycles. The Hall–Kier alpha value is -2.18. The Morgan fingerprint density at radius 3 is 2.20 bits per heavy atom. The number of carbonyl (C=O) groups excluding carboxylic acids is 1. The third-order valence-electron chi connectivity index (χ3n) is 3.36. The van der Waals surface area contributed by atoms with Crippen molar-refractivity contribution >= 4 is 16.9 Å². The van der Waals surface area contributed by atoms with Crippen molar-refractivity contribution in [3.63, 3.8) is 0 Å². The van der Waals surface area contributed by atoms with Crippen LogP contribution in [-0.4, -0.2) is 24.5 Å². The molecule has 25 heavy (non-hydrogen) atoms. The van der Waals surface area contributed by atoms with Gasteiger partial charge in [-0.15, -0.1) is 0 Å². The van der Waals surface area contributed by atoms with Crippen LogP contribution < -0.4 is 11.2 Å². The summed E-state index contributed by atoms with van der Waals surface area (Å²) in [5.41, 5.74) is 0.108. The van der Waals surface area contributed by atoms with Gasteiger partial charge in [0.1, 0.15) is 5.78 Å². The fraction of sp³-hybridized carbons (Fsp3) is 0.667. The van der Waals surface area contributed by atoms with E-state index in [0.717, 1.165) is 0 Å². The van der Waals surface area contributed by atoms with Crippen molar-refractivity contribution in [2.24, 2.45) is 14.1 Å². The largest absolute Gasteiger partial charge is 0.332 e. The highest BCUT2D eigenvalue weighted by Crippen LogP contribution is 2.04. The van der Waals surface area contributed by atoms with Crippen LogP contribution in [0.4, 0.5) is 0 Å². The summed E-state index contributed by atoms with van der Waals surface area (Å²) in [4.78, 5) is 39.4. The lowest BCUT2D eigenvalue weighted by Crippen LogP contribution is -2.39. The van der Waals surface area contributed by atoms with Gasteiger partial charge >= 0.3 is 5.69 Å². The second-order valence-corrected chi connectivity index (χ2v) is 5.69. The molecule has 0 fully saturated rings. The first kappa shape index (κ1) is 22.8. The van der Waals surface area contributed by atoms with Crippen molar-refractivity contribution in [1.82, 2.24) is 18.7 Å². The van der Waals surface area contributed by atoms with E-state index in [2.05, 4.69) is 18.8 Å². The number of hydrogen-bond acceptors (Lipinski definition) is 4. The Balaban J connectivity index is 0.00000104. The summed E-state index contributed by atoms with van der Waals surface area (Å²) < 4.78 is 4.20. The van der Waals surface area contributed by atoms with Crippen molar-refractivity contribution in [2.75, 3.05) is 0 Å². The van der Waals surface area contributed by atoms with E-state index >= 15 is 0 Å². The number of fused-ring (bicyclic) bond motifs is 1. The summed E-state index contributed by atoms with van der Waals surface area (Å²) >= 11 is 0. The van der Waals surface area contributed by atoms with Crippen molar-refractivity contribution < 1.29 is 4.79 Å². The fourth-order valence-corrected chi connectivity index (χ4v) is 2.24. The molecule has 0 spiro atoms. The fourth-order valence-electron chi connectivity index (χ4n) is 2.24. The van der Waals surface area contributed by atoms with Crippen LogP contribution in [0.15, 0.2) is 15.9 Å². The van der Waals surface area contributed by atoms with Crippen LogP contribution in [0.3, 0.4) is 0 Å². The normalized spacial score (nSPS) is 9.88. The van der Waals surface area contributed by atoms with Gasteiger partial charge in [0.15, 0.2) is 11.2 Å². The first-order chi connectivity index (χ1) is 11.8. The molecule has 0 aliphatic heterocycles. The molecule has 7 heteroatoms. The van der Waals surface area contributed by atoms with Crippen molar-refractivity contribution in [3.05, 3.63) is 27.2 Å². The molecule has 0 amide bonds. The highest BCUT2D eigenvalue weighted by atomic mass is 16.2. The summed E-state index contributed by atoms with van der Waals surface area (Å²) in [5, 5.41) is 0. The lowest BCUT2D eigenvalue weighted by molar-refractivity contribution is -0.117. The molecule has 0 atom stereocenters. The Bertz CT molecular complexity index is 784. The van der Waals surface area contributed by atoms with Crippen LogP contribution in [0.5, 0.6) is 0 Å². The molecule has 0 unspecified atom stereocenters. The van der Waals surface area contributed by atoms with Crippen LogP contribution in [0.1, 0.15) is 60.3 Å². The number of carbonyl (C=O) groups is 1. The number of aromatic nitrogens is 4. The van der Waals surface area contributed by atoms with E-state index in [9.17, 15) is 14.4 Å². The summed E-state index contributed by atoms with van der Waals surface area (Å²) in [6.07, 6.45) is 4.54. The van der Waals surface area contributed by atoms with E-state index in [1.54, 1.807) is 18.7 Å². The highest BCUT2D eigenvalue weighted by molar-refractivity contribution is 5.75. The zero-order valence-electron chi connectivity index (χ0n) is 16.6. The zero-order valence-corrected chi connectivity index (χ0v) is 16.6. The second kappa shape index (κ2) is 11.4. The van der Waals surface area contributed by atoms with Crippen LogP contribution in [0, 0.1) is 0 Å². The molecular weight excluding hydrogens is 320 g/mol. The van der Waals surface area contributed by atoms with Crippen molar-refractivity contribution in [2.45, 2.75) is 66.8 Å². The number of hydrogen-bond donors (Lipinski definition) is 0. The summed E-state index contributed by atoms with van der Waals surface area (Å²) in [5.74, 6) is 0.118. The third kappa shape index (κ3) is 5.99. The van der Waals surface area contributed by atoms with Gasteiger partial charge in [-0.2, -0.15) is 0 Å². The third-order valence-corrected chi connectivity index (χ3v) is 3.36. The second-order valence-electron chi connectivity index (χ2n) is 5.69. The average molecular weight is 352 g/mol. The lowest BCUT2D eigenvalue weighted by atomic mass is 10.2. The van der Waals surface area contributed by atoms with Gasteiger partial charge in [0.25, 0.3) is 5.56 Å². The highest BCUT2D eigenvalue weighted by Gasteiger charge is 2.14. The van der Waals surface area contributed by atoms with Gasteiger partial charge < -0.3 is 9.36 Å². The van der Waals surface area contributed by atoms with E-state index in [1.807, 2.05) is 13.8 Å². The van der Waals surface area contributed by atoms with E-state index in [0.29, 0.717) is 37.0 Å². The molecule has 0 aliphatic rings. The Kier molecular flexibility index (Phi) is 10.4. The maximum Gasteiger partial charge on any atom is 0.332 e. The predicted molar refractivity (Wildman–Crippen MR) is 102 cm³/mol. The molecule has 142 valence electrons. The zero-order chi connectivity index (χ0) is 19.6. The molecule has 2 rings (SSSR count). The van der Waals surface area contributed by atoms with Gasteiger partial charge in [0.2, 0.25) is 0 Å². The number of aryl methyl sites for hydroxylation is 2. The minimum absolute atomic E-state index is 0.118. The van der Waals surface area contributed by atoms with Gasteiger partial charge in [-0.1, -0.05) is 34.1 Å². The maximum atomic E-state index is 12.3. The predicted octanol–water partition coefficient (Wildman–Crippen LogP) is 2.64. The number of imidazole rings is 1. The van der Waals surface area contributed by atoms with Gasteiger partial charge in [-0.3, -0.25) is 13.9 Å². The molecule has 2 heterocycles. The first-order valence-electron chi connectivity index (χ1n) is 8.95. The van der Waals surface area contributed by atoms with Gasteiger partial charge in [-0.25, -0.2) is 9.78 Å². The van der Waals surface area contributed by atoms with Crippen LogP contribution in [0.25, 0.3) is 11.2 Å². The Morgan fingerprint density at radius 1 is 1.12 bits per heavy atom. The number of rotatable bonds is 5. The first-order valence-corrected chi connectivity index (χ1v) is 8.95. The molecule has 0 saturated carbocycles. The molecule has 0 saturated heterocycles. The Labute approximate surface area is 149 Å². The summed E-state index contributed by atoms with van der Waals surface area (Å²) in [6.45, 7) is 10.1. The quantitative estimate of drug-likeness (QED) is 0.775. The van der Waals surface area contributed by atoms with Crippen molar-refractivity contribution in [1.29, 1.82) is 0 Å². The van der Waals surface area contributed by atoms with Gasteiger partial charge in [0.05, 0.1) is 6.33 Å². The maximum absolute atomic E-state index is 12.3. The van der Waals surface area contributed by atoms with Crippen LogP contribution in [0.2, 0.25) is 0 Å². The van der Waals surface area contributed by atoms with E-state index in [-0.39, 0.29) is 17.0 Å². The Morgan fingerprint density at radius 2 is 1.68 bits per heavy atom. The topological polar surface area (TPSA) is 78.9 Å². The van der Waals surface area contributed by atoms with Gasteiger partial charge in [0, 0.05) is 27.1 Å². The molecule has 0 N–H and O–H groups in total. The van der Waals surface area contributed by atoms with Crippen LogP contribution >= 0.6 is 0 Å². The number of unbranched alkanes of at least 4 members (excludes halogenated alkanes) is 1. The number of ketones is 1. The number of nitrogens with zero attached hydrogens (tertiary/aromatic N) is 4. The SMILES string of the molecule is CC.CC(=O)CCCCn1c(=O)c2c(ncn2C)n(C)c1=O.CCC. The monoisotopic (exact) mass is 352 g/mol. The lowest BCUT2D eigenvalue weighted by Gasteiger charge is -2.08. The molecule has 7 nitrogen and oxygen atoms in total. The van der Waals surface area contributed by atoms with E-state index in [1.165, 1.54) is 28.8 Å². The summed E-state index contributed by atoms with van der Waals surface area (Å²) in [7, 11) is 3.32. The standard InChI is InChI=1S/C13H18N4O3.C3H8.C2H6/c1-9(18)6-4-5-7-17-12(19)10-11(14-8-15(10)2)16(3)13(17)20;1-3-2;1-2/h8H,4-7H2,1-3H3;3H2,1-2H3;1-2H3. The summed E-state index contributed by atoms with van der Waals surface area (Å²) in [6, 6.07) is 0. The van der Waals surface area contributed by atoms with E-state index in [4.69, 9.17) is 0 Å². The van der Waals surface area contributed by atoms with Crippen LogP contribution in [-0.2, 0) is 25.4 Å². The van der Waals surface area contributed by atoms with E-state index < -0.39 is 0 Å². The molecule has 0 aromatic carbocycles. The molecule has 0 radical (unpaired) electrons. The molecule has 0 aliphatic carbocycles. The van der Waals surface area contributed by atoms with Crippen molar-refractivity contribution in [3.8, 4) is 0 Å². The molecule has 2 aromatic rings. The minimum Gasteiger partial charge on any atom is -0.328 e. The molecule has 0 bridgehead atoms. The molecular formula is C18H32N4O3.